The summed E-state index contributed by atoms with van der Waals surface area (Å²) < 4.78 is 7.65. The molecule has 2 aromatic heterocycles. The van der Waals surface area contributed by atoms with Gasteiger partial charge >= 0.3 is 5.97 Å². The first kappa shape index (κ1) is 24.8. The zero-order valence-corrected chi connectivity index (χ0v) is 21.9. The van der Waals surface area contributed by atoms with Crippen LogP contribution in [0.5, 0.6) is 5.75 Å². The average Bonchev–Trinajstić information content (AvgIpc) is 3.09. The summed E-state index contributed by atoms with van der Waals surface area (Å²) in [6.45, 7) is 13.2. The van der Waals surface area contributed by atoms with E-state index in [9.17, 15) is 4.79 Å². The standard InChI is InChI=1S/C29H32ClN3O2/c1-19-15-16-33-24(17-19)31-25(26(33)32-29(5,6)18-28(2,3)4)20-9-13-23(14-10-20)35-27(34)21-7-11-22(30)12-8-21/h7-17,32H,18H2,1-6H3. The molecule has 0 unspecified atom stereocenters. The number of hydrogen-bond donors (Lipinski definition) is 1. The molecule has 0 saturated heterocycles. The fourth-order valence-electron chi connectivity index (χ4n) is 4.59. The number of pyridine rings is 1. The van der Waals surface area contributed by atoms with Crippen molar-refractivity contribution in [2.75, 3.05) is 5.32 Å². The fraction of sp³-hybridized carbons (Fsp3) is 0.310. The van der Waals surface area contributed by atoms with E-state index >= 15 is 0 Å². The molecule has 4 aromatic rings. The molecule has 4 rings (SSSR count). The smallest absolute Gasteiger partial charge is 0.343 e. The Hall–Kier alpha value is -3.31. The van der Waals surface area contributed by atoms with Gasteiger partial charge in [-0.1, -0.05) is 32.4 Å². The van der Waals surface area contributed by atoms with Crippen LogP contribution in [-0.4, -0.2) is 20.9 Å². The minimum absolute atomic E-state index is 0.151. The largest absolute Gasteiger partial charge is 0.423 e. The zero-order chi connectivity index (χ0) is 25.4. The van der Waals surface area contributed by atoms with E-state index in [1.807, 2.05) is 12.1 Å². The number of ether oxygens (including phenoxy) is 1. The monoisotopic (exact) mass is 489 g/mol. The molecule has 0 aliphatic rings. The summed E-state index contributed by atoms with van der Waals surface area (Å²) in [6.07, 6.45) is 3.04. The molecule has 0 amide bonds. The molecule has 0 bridgehead atoms. The summed E-state index contributed by atoms with van der Waals surface area (Å²) in [7, 11) is 0. The number of benzene rings is 2. The Kier molecular flexibility index (Phi) is 6.65. The number of imidazole rings is 1. The Morgan fingerprint density at radius 1 is 1.00 bits per heavy atom. The molecule has 0 aliphatic heterocycles. The van der Waals surface area contributed by atoms with Crippen LogP contribution in [0.1, 0.15) is 57.0 Å². The Balaban J connectivity index is 1.65. The first-order valence-electron chi connectivity index (χ1n) is 11.8. The van der Waals surface area contributed by atoms with E-state index in [4.69, 9.17) is 21.3 Å². The normalized spacial score (nSPS) is 12.1. The maximum Gasteiger partial charge on any atom is 0.343 e. The van der Waals surface area contributed by atoms with E-state index in [2.05, 4.69) is 69.6 Å². The maximum absolute atomic E-state index is 12.5. The molecule has 2 aromatic carbocycles. The summed E-state index contributed by atoms with van der Waals surface area (Å²) in [5.74, 6) is 0.986. The van der Waals surface area contributed by atoms with E-state index < -0.39 is 5.97 Å². The molecule has 0 atom stereocenters. The molecule has 5 nitrogen and oxygen atoms in total. The lowest BCUT2D eigenvalue weighted by Gasteiger charge is -2.34. The predicted octanol–water partition coefficient (Wildman–Crippen LogP) is 7.81. The molecule has 6 heteroatoms. The second-order valence-electron chi connectivity index (χ2n) is 10.9. The lowest BCUT2D eigenvalue weighted by Crippen LogP contribution is -2.36. The van der Waals surface area contributed by atoms with Gasteiger partial charge in [-0.25, -0.2) is 9.78 Å². The number of hydrogen-bond acceptors (Lipinski definition) is 4. The molecule has 1 N–H and O–H groups in total. The number of esters is 1. The van der Waals surface area contributed by atoms with Crippen LogP contribution >= 0.6 is 11.6 Å². The molecule has 0 aliphatic carbocycles. The number of aromatic nitrogens is 2. The van der Waals surface area contributed by atoms with Crippen LogP contribution in [-0.2, 0) is 0 Å². The minimum atomic E-state index is -0.427. The van der Waals surface area contributed by atoms with Gasteiger partial charge in [0.05, 0.1) is 5.56 Å². The van der Waals surface area contributed by atoms with Crippen molar-refractivity contribution in [2.45, 2.75) is 53.5 Å². The van der Waals surface area contributed by atoms with Gasteiger partial charge in [0.1, 0.15) is 22.9 Å². The van der Waals surface area contributed by atoms with Gasteiger partial charge in [0.15, 0.2) is 0 Å². The number of carbonyl (C=O) groups excluding carboxylic acids is 1. The molecule has 0 radical (unpaired) electrons. The zero-order valence-electron chi connectivity index (χ0n) is 21.1. The van der Waals surface area contributed by atoms with Crippen LogP contribution in [0.2, 0.25) is 5.02 Å². The van der Waals surface area contributed by atoms with Crippen molar-refractivity contribution in [2.24, 2.45) is 5.41 Å². The first-order valence-corrected chi connectivity index (χ1v) is 12.1. The Morgan fingerprint density at radius 2 is 1.66 bits per heavy atom. The van der Waals surface area contributed by atoms with E-state index in [0.29, 0.717) is 16.3 Å². The highest BCUT2D eigenvalue weighted by Crippen LogP contribution is 2.35. The van der Waals surface area contributed by atoms with Gasteiger partial charge in [-0.05, 0) is 98.8 Å². The van der Waals surface area contributed by atoms with Crippen molar-refractivity contribution in [1.82, 2.24) is 9.38 Å². The number of nitrogens with one attached hydrogen (secondary N) is 1. The predicted molar refractivity (Wildman–Crippen MR) is 144 cm³/mol. The molecular weight excluding hydrogens is 458 g/mol. The van der Waals surface area contributed by atoms with Crippen LogP contribution in [0.4, 0.5) is 5.82 Å². The highest BCUT2D eigenvalue weighted by Gasteiger charge is 2.28. The van der Waals surface area contributed by atoms with Crippen molar-refractivity contribution >= 4 is 29.0 Å². The number of fused-ring (bicyclic) bond motifs is 1. The highest BCUT2D eigenvalue weighted by atomic mass is 35.5. The van der Waals surface area contributed by atoms with Crippen molar-refractivity contribution in [3.05, 3.63) is 83.0 Å². The summed E-state index contributed by atoms with van der Waals surface area (Å²) in [5.41, 5.74) is 4.29. The Morgan fingerprint density at radius 3 is 2.29 bits per heavy atom. The molecule has 0 spiro atoms. The Bertz CT molecular complexity index is 1350. The molecule has 2 heterocycles. The average molecular weight is 490 g/mol. The topological polar surface area (TPSA) is 55.6 Å². The van der Waals surface area contributed by atoms with Gasteiger partial charge in [0.25, 0.3) is 0 Å². The maximum atomic E-state index is 12.5. The fourth-order valence-corrected chi connectivity index (χ4v) is 4.72. The van der Waals surface area contributed by atoms with Crippen LogP contribution in [0, 0.1) is 12.3 Å². The molecule has 35 heavy (non-hydrogen) atoms. The van der Waals surface area contributed by atoms with Gasteiger partial charge in [-0.3, -0.25) is 4.40 Å². The third-order valence-corrected chi connectivity index (χ3v) is 5.88. The number of nitrogens with zero attached hydrogens (tertiary/aromatic N) is 2. The van der Waals surface area contributed by atoms with E-state index in [-0.39, 0.29) is 11.0 Å². The van der Waals surface area contributed by atoms with E-state index in [0.717, 1.165) is 34.7 Å². The third-order valence-electron chi connectivity index (χ3n) is 5.63. The van der Waals surface area contributed by atoms with Crippen LogP contribution in [0.25, 0.3) is 16.9 Å². The summed E-state index contributed by atoms with van der Waals surface area (Å²) in [5, 5.41) is 4.33. The minimum Gasteiger partial charge on any atom is -0.423 e. The van der Waals surface area contributed by atoms with Crippen molar-refractivity contribution in [3.63, 3.8) is 0 Å². The SMILES string of the molecule is Cc1ccn2c(NC(C)(C)CC(C)(C)C)c(-c3ccc(OC(=O)c4ccc(Cl)cc4)cc3)nc2c1. The first-order chi connectivity index (χ1) is 16.4. The second-order valence-corrected chi connectivity index (χ2v) is 11.3. The van der Waals surface area contributed by atoms with Crippen LogP contribution < -0.4 is 10.1 Å². The quantitative estimate of drug-likeness (QED) is 0.221. The molecule has 0 saturated carbocycles. The Labute approximate surface area is 212 Å². The lowest BCUT2D eigenvalue weighted by atomic mass is 9.82. The van der Waals surface area contributed by atoms with Crippen molar-refractivity contribution < 1.29 is 9.53 Å². The molecular formula is C29H32ClN3O2. The molecule has 182 valence electrons. The van der Waals surface area contributed by atoms with E-state index in [1.54, 1.807) is 36.4 Å². The summed E-state index contributed by atoms with van der Waals surface area (Å²) in [4.78, 5) is 17.4. The van der Waals surface area contributed by atoms with Crippen LogP contribution in [0.15, 0.2) is 66.9 Å². The number of aryl methyl sites for hydroxylation is 1. The summed E-state index contributed by atoms with van der Waals surface area (Å²) in [6, 6.07) is 18.2. The van der Waals surface area contributed by atoms with Gasteiger partial charge in [-0.2, -0.15) is 0 Å². The van der Waals surface area contributed by atoms with Crippen molar-refractivity contribution in [3.8, 4) is 17.0 Å². The van der Waals surface area contributed by atoms with Gasteiger partial charge in [0.2, 0.25) is 0 Å². The highest BCUT2D eigenvalue weighted by molar-refractivity contribution is 6.30. The van der Waals surface area contributed by atoms with Gasteiger partial charge < -0.3 is 10.1 Å². The third kappa shape index (κ3) is 6.04. The number of anilines is 1. The van der Waals surface area contributed by atoms with Gasteiger partial charge in [-0.15, -0.1) is 0 Å². The van der Waals surface area contributed by atoms with Crippen molar-refractivity contribution in [1.29, 1.82) is 0 Å². The number of rotatable bonds is 6. The lowest BCUT2D eigenvalue weighted by molar-refractivity contribution is 0.0735. The number of halogens is 1. The van der Waals surface area contributed by atoms with Gasteiger partial charge in [0, 0.05) is 22.3 Å². The molecule has 0 fully saturated rings. The summed E-state index contributed by atoms with van der Waals surface area (Å²) >= 11 is 5.91. The second kappa shape index (κ2) is 9.38. The van der Waals surface area contributed by atoms with Crippen LogP contribution in [0.3, 0.4) is 0 Å². The number of carbonyl (C=O) groups is 1. The van der Waals surface area contributed by atoms with E-state index in [1.165, 1.54) is 0 Å².